The molecular formula is C14H25N3O. The molecule has 4 heteroatoms. The van der Waals surface area contributed by atoms with Gasteiger partial charge in [0.05, 0.1) is 6.61 Å². The van der Waals surface area contributed by atoms with Crippen molar-refractivity contribution in [2.24, 2.45) is 0 Å². The average Bonchev–Trinajstić information content (AvgIpc) is 2.42. The van der Waals surface area contributed by atoms with E-state index in [0.29, 0.717) is 0 Å². The summed E-state index contributed by atoms with van der Waals surface area (Å²) >= 11 is 0. The van der Waals surface area contributed by atoms with E-state index in [9.17, 15) is 0 Å². The maximum absolute atomic E-state index is 5.44. The predicted molar refractivity (Wildman–Crippen MR) is 76.0 cm³/mol. The SMILES string of the molecule is CCNCc1cnccc1N(CC)CCOCC. The van der Waals surface area contributed by atoms with Crippen molar-refractivity contribution in [2.45, 2.75) is 27.3 Å². The van der Waals surface area contributed by atoms with E-state index in [-0.39, 0.29) is 0 Å². The average molecular weight is 251 g/mol. The molecule has 1 rings (SSSR count). The molecule has 0 aliphatic heterocycles. The summed E-state index contributed by atoms with van der Waals surface area (Å²) in [6, 6.07) is 2.09. The van der Waals surface area contributed by atoms with Gasteiger partial charge in [0.25, 0.3) is 0 Å². The molecule has 0 saturated heterocycles. The Morgan fingerprint density at radius 1 is 1.33 bits per heavy atom. The van der Waals surface area contributed by atoms with Crippen LogP contribution in [-0.4, -0.2) is 37.8 Å². The van der Waals surface area contributed by atoms with Crippen molar-refractivity contribution in [1.82, 2.24) is 10.3 Å². The van der Waals surface area contributed by atoms with Gasteiger partial charge in [-0.25, -0.2) is 0 Å². The van der Waals surface area contributed by atoms with Gasteiger partial charge in [-0.15, -0.1) is 0 Å². The minimum atomic E-state index is 0.771. The largest absolute Gasteiger partial charge is 0.380 e. The van der Waals surface area contributed by atoms with Crippen molar-refractivity contribution in [2.75, 3.05) is 37.7 Å². The second-order valence-electron chi connectivity index (χ2n) is 4.06. The van der Waals surface area contributed by atoms with E-state index >= 15 is 0 Å². The third-order valence-electron chi connectivity index (χ3n) is 2.88. The minimum absolute atomic E-state index is 0.771. The number of aromatic nitrogens is 1. The molecule has 0 aliphatic carbocycles. The number of hydrogen-bond donors (Lipinski definition) is 1. The van der Waals surface area contributed by atoms with Crippen molar-refractivity contribution < 1.29 is 4.74 Å². The molecule has 1 N–H and O–H groups in total. The first-order valence-corrected chi connectivity index (χ1v) is 6.79. The zero-order chi connectivity index (χ0) is 13.2. The number of rotatable bonds is 9. The third kappa shape index (κ3) is 4.63. The van der Waals surface area contributed by atoms with Crippen LogP contribution >= 0.6 is 0 Å². The smallest absolute Gasteiger partial charge is 0.0641 e. The molecule has 18 heavy (non-hydrogen) atoms. The molecule has 0 bridgehead atoms. The summed E-state index contributed by atoms with van der Waals surface area (Å²) < 4.78 is 5.44. The van der Waals surface area contributed by atoms with Crippen molar-refractivity contribution in [1.29, 1.82) is 0 Å². The molecule has 0 atom stereocenters. The van der Waals surface area contributed by atoms with Gasteiger partial charge in [0.1, 0.15) is 0 Å². The van der Waals surface area contributed by atoms with E-state index in [1.165, 1.54) is 11.3 Å². The standard InChI is InChI=1S/C14H25N3O/c1-4-15-11-13-12-16-8-7-14(13)17(5-2)9-10-18-6-3/h7-8,12,15H,4-6,9-11H2,1-3H3. The Hall–Kier alpha value is -1.13. The lowest BCUT2D eigenvalue weighted by Gasteiger charge is -2.25. The lowest BCUT2D eigenvalue weighted by atomic mass is 10.2. The van der Waals surface area contributed by atoms with Crippen molar-refractivity contribution in [3.05, 3.63) is 24.0 Å². The number of nitrogens with one attached hydrogen (secondary N) is 1. The first-order chi connectivity index (χ1) is 8.83. The number of ether oxygens (including phenoxy) is 1. The predicted octanol–water partition coefficient (Wildman–Crippen LogP) is 2.05. The number of likely N-dealkylation sites (N-methyl/N-ethyl adjacent to an activating group) is 1. The minimum Gasteiger partial charge on any atom is -0.380 e. The molecule has 0 saturated carbocycles. The van der Waals surface area contributed by atoms with Gasteiger partial charge in [-0.3, -0.25) is 4.98 Å². The fourth-order valence-corrected chi connectivity index (χ4v) is 1.89. The lowest BCUT2D eigenvalue weighted by Crippen LogP contribution is -2.29. The first-order valence-electron chi connectivity index (χ1n) is 6.79. The first kappa shape index (κ1) is 14.9. The molecular weight excluding hydrogens is 226 g/mol. The van der Waals surface area contributed by atoms with Crippen LogP contribution in [-0.2, 0) is 11.3 Å². The molecule has 102 valence electrons. The molecule has 0 aliphatic rings. The number of pyridine rings is 1. The molecule has 0 amide bonds. The van der Waals surface area contributed by atoms with Crippen LogP contribution in [0.4, 0.5) is 5.69 Å². The fourth-order valence-electron chi connectivity index (χ4n) is 1.89. The van der Waals surface area contributed by atoms with Crippen molar-refractivity contribution in [3.63, 3.8) is 0 Å². The highest BCUT2D eigenvalue weighted by Crippen LogP contribution is 2.18. The highest BCUT2D eigenvalue weighted by molar-refractivity contribution is 5.52. The van der Waals surface area contributed by atoms with Gasteiger partial charge < -0.3 is 15.0 Å². The molecule has 1 aromatic heterocycles. The molecule has 0 fully saturated rings. The summed E-state index contributed by atoms with van der Waals surface area (Å²) in [5.41, 5.74) is 2.51. The van der Waals surface area contributed by atoms with Crippen molar-refractivity contribution in [3.8, 4) is 0 Å². The van der Waals surface area contributed by atoms with E-state index in [1.807, 2.05) is 19.3 Å². The van der Waals surface area contributed by atoms with Gasteiger partial charge >= 0.3 is 0 Å². The summed E-state index contributed by atoms with van der Waals surface area (Å²) in [5, 5.41) is 3.35. The monoisotopic (exact) mass is 251 g/mol. The topological polar surface area (TPSA) is 37.4 Å². The summed E-state index contributed by atoms with van der Waals surface area (Å²) in [4.78, 5) is 6.55. The van der Waals surface area contributed by atoms with Crippen LogP contribution in [0.3, 0.4) is 0 Å². The Labute approximate surface area is 110 Å². The van der Waals surface area contributed by atoms with E-state index < -0.39 is 0 Å². The summed E-state index contributed by atoms with van der Waals surface area (Å²) in [6.45, 7) is 11.6. The molecule has 4 nitrogen and oxygen atoms in total. The van der Waals surface area contributed by atoms with Crippen LogP contribution in [0.5, 0.6) is 0 Å². The molecule has 1 heterocycles. The molecule has 0 aromatic carbocycles. The Balaban J connectivity index is 2.70. The van der Waals surface area contributed by atoms with Crippen LogP contribution in [0.1, 0.15) is 26.3 Å². The summed E-state index contributed by atoms with van der Waals surface area (Å²) in [7, 11) is 0. The maximum atomic E-state index is 5.44. The summed E-state index contributed by atoms with van der Waals surface area (Å²) in [5.74, 6) is 0. The lowest BCUT2D eigenvalue weighted by molar-refractivity contribution is 0.154. The van der Waals surface area contributed by atoms with E-state index in [1.54, 1.807) is 0 Å². The van der Waals surface area contributed by atoms with Crippen LogP contribution < -0.4 is 10.2 Å². The Morgan fingerprint density at radius 3 is 2.83 bits per heavy atom. The zero-order valence-electron chi connectivity index (χ0n) is 11.8. The van der Waals surface area contributed by atoms with E-state index in [4.69, 9.17) is 4.74 Å². The number of nitrogens with zero attached hydrogens (tertiary/aromatic N) is 2. The Kier molecular flexibility index (Phi) is 7.37. The van der Waals surface area contributed by atoms with Gasteiger partial charge in [-0.2, -0.15) is 0 Å². The normalized spacial score (nSPS) is 10.6. The van der Waals surface area contributed by atoms with Crippen LogP contribution in [0, 0.1) is 0 Å². The van der Waals surface area contributed by atoms with Crippen LogP contribution in [0.2, 0.25) is 0 Å². The van der Waals surface area contributed by atoms with Gasteiger partial charge in [0.2, 0.25) is 0 Å². The zero-order valence-corrected chi connectivity index (χ0v) is 11.8. The van der Waals surface area contributed by atoms with Gasteiger partial charge in [-0.05, 0) is 26.5 Å². The fraction of sp³-hybridized carbons (Fsp3) is 0.643. The molecule has 0 radical (unpaired) electrons. The van der Waals surface area contributed by atoms with Crippen molar-refractivity contribution >= 4 is 5.69 Å². The number of hydrogen-bond acceptors (Lipinski definition) is 4. The highest BCUT2D eigenvalue weighted by atomic mass is 16.5. The number of anilines is 1. The summed E-state index contributed by atoms with van der Waals surface area (Å²) in [6.07, 6.45) is 3.80. The Morgan fingerprint density at radius 2 is 2.17 bits per heavy atom. The second-order valence-corrected chi connectivity index (χ2v) is 4.06. The van der Waals surface area contributed by atoms with E-state index in [0.717, 1.165) is 39.4 Å². The van der Waals surface area contributed by atoms with Crippen LogP contribution in [0.15, 0.2) is 18.5 Å². The van der Waals surface area contributed by atoms with Gasteiger partial charge in [0, 0.05) is 49.9 Å². The molecule has 0 spiro atoms. The quantitative estimate of drug-likeness (QED) is 0.682. The third-order valence-corrected chi connectivity index (χ3v) is 2.88. The van der Waals surface area contributed by atoms with Gasteiger partial charge in [0.15, 0.2) is 0 Å². The molecule has 0 unspecified atom stereocenters. The second kappa shape index (κ2) is 8.89. The molecule has 1 aromatic rings. The highest BCUT2D eigenvalue weighted by Gasteiger charge is 2.09. The van der Waals surface area contributed by atoms with Crippen LogP contribution in [0.25, 0.3) is 0 Å². The van der Waals surface area contributed by atoms with Gasteiger partial charge in [-0.1, -0.05) is 6.92 Å². The van der Waals surface area contributed by atoms with E-state index in [2.05, 4.69) is 35.1 Å². The Bertz CT molecular complexity index is 331. The maximum Gasteiger partial charge on any atom is 0.0641 e.